The molecule has 0 aliphatic rings. The Balaban J connectivity index is 3.12. The highest BCUT2D eigenvalue weighted by Gasteiger charge is 2.35. The molecular weight excluding hydrogens is 197 g/mol. The van der Waals surface area contributed by atoms with Crippen LogP contribution in [0.1, 0.15) is 29.5 Å². The van der Waals surface area contributed by atoms with Gasteiger partial charge in [0, 0.05) is 13.5 Å². The SMILES string of the molecule is CCC(=O)c1cc(C(F)(F)F)n(C)n1. The number of hydrogen-bond donors (Lipinski definition) is 0. The highest BCUT2D eigenvalue weighted by atomic mass is 19.4. The van der Waals surface area contributed by atoms with Gasteiger partial charge in [-0.1, -0.05) is 6.92 Å². The number of nitrogens with zero attached hydrogens (tertiary/aromatic N) is 2. The van der Waals surface area contributed by atoms with Crippen LogP contribution >= 0.6 is 0 Å². The van der Waals surface area contributed by atoms with Gasteiger partial charge in [-0.05, 0) is 6.07 Å². The van der Waals surface area contributed by atoms with Gasteiger partial charge in [0.05, 0.1) is 0 Å². The lowest BCUT2D eigenvalue weighted by Gasteiger charge is -2.04. The number of carbonyl (C=O) groups is 1. The molecule has 1 aromatic rings. The molecule has 0 spiro atoms. The van der Waals surface area contributed by atoms with Crippen LogP contribution in [-0.4, -0.2) is 15.6 Å². The third-order valence-electron chi connectivity index (χ3n) is 1.78. The van der Waals surface area contributed by atoms with E-state index < -0.39 is 17.7 Å². The summed E-state index contributed by atoms with van der Waals surface area (Å²) in [5, 5.41) is 3.49. The smallest absolute Gasteiger partial charge is 0.292 e. The van der Waals surface area contributed by atoms with E-state index in [1.807, 2.05) is 0 Å². The highest BCUT2D eigenvalue weighted by Crippen LogP contribution is 2.29. The summed E-state index contributed by atoms with van der Waals surface area (Å²) in [4.78, 5) is 11.1. The summed E-state index contributed by atoms with van der Waals surface area (Å²) in [6, 6.07) is 0.770. The van der Waals surface area contributed by atoms with Crippen LogP contribution in [0.3, 0.4) is 0 Å². The molecule has 0 fully saturated rings. The summed E-state index contributed by atoms with van der Waals surface area (Å²) in [6.07, 6.45) is -4.32. The summed E-state index contributed by atoms with van der Waals surface area (Å²) in [7, 11) is 1.16. The largest absolute Gasteiger partial charge is 0.433 e. The van der Waals surface area contributed by atoms with Crippen LogP contribution in [0.2, 0.25) is 0 Å². The van der Waals surface area contributed by atoms with Crippen molar-refractivity contribution in [2.24, 2.45) is 7.05 Å². The number of Topliss-reactive ketones (excluding diaryl/α,β-unsaturated/α-hetero) is 1. The Morgan fingerprint density at radius 2 is 2.14 bits per heavy atom. The first-order valence-corrected chi connectivity index (χ1v) is 4.00. The van der Waals surface area contributed by atoms with Crippen molar-refractivity contribution in [3.63, 3.8) is 0 Å². The molecule has 14 heavy (non-hydrogen) atoms. The summed E-state index contributed by atoms with van der Waals surface area (Å²) in [6.45, 7) is 1.57. The minimum Gasteiger partial charge on any atom is -0.292 e. The maximum absolute atomic E-state index is 12.3. The minimum absolute atomic E-state index is 0.137. The van der Waals surface area contributed by atoms with Crippen LogP contribution in [0.5, 0.6) is 0 Å². The van der Waals surface area contributed by atoms with Crippen LogP contribution in [-0.2, 0) is 13.2 Å². The van der Waals surface area contributed by atoms with Gasteiger partial charge in [0.15, 0.2) is 5.78 Å². The van der Waals surface area contributed by atoms with Gasteiger partial charge >= 0.3 is 6.18 Å². The monoisotopic (exact) mass is 206 g/mol. The van der Waals surface area contributed by atoms with E-state index in [2.05, 4.69) is 5.10 Å². The minimum atomic E-state index is -4.46. The average Bonchev–Trinajstić information content (AvgIpc) is 2.45. The zero-order chi connectivity index (χ0) is 10.9. The van der Waals surface area contributed by atoms with Gasteiger partial charge in [-0.3, -0.25) is 9.48 Å². The van der Waals surface area contributed by atoms with E-state index in [1.54, 1.807) is 6.92 Å². The second-order valence-corrected chi connectivity index (χ2v) is 2.81. The van der Waals surface area contributed by atoms with Crippen LogP contribution in [0.4, 0.5) is 13.2 Å². The number of hydrogen-bond acceptors (Lipinski definition) is 2. The predicted octanol–water partition coefficient (Wildman–Crippen LogP) is 2.03. The second-order valence-electron chi connectivity index (χ2n) is 2.81. The van der Waals surface area contributed by atoms with Crippen LogP contribution in [0, 0.1) is 0 Å². The summed E-state index contributed by atoms with van der Waals surface area (Å²) >= 11 is 0. The molecule has 1 rings (SSSR count). The number of halogens is 3. The lowest BCUT2D eigenvalue weighted by molar-refractivity contribution is -0.143. The Morgan fingerprint density at radius 1 is 1.57 bits per heavy atom. The maximum Gasteiger partial charge on any atom is 0.433 e. The molecule has 1 aromatic heterocycles. The van der Waals surface area contributed by atoms with E-state index in [1.165, 1.54) is 0 Å². The summed E-state index contributed by atoms with van der Waals surface area (Å²) in [5.41, 5.74) is -1.04. The number of aryl methyl sites for hydroxylation is 1. The Morgan fingerprint density at radius 3 is 2.50 bits per heavy atom. The molecule has 78 valence electrons. The van der Waals surface area contributed by atoms with E-state index in [0.29, 0.717) is 4.68 Å². The van der Waals surface area contributed by atoms with E-state index in [9.17, 15) is 18.0 Å². The maximum atomic E-state index is 12.3. The van der Waals surface area contributed by atoms with E-state index >= 15 is 0 Å². The molecule has 0 radical (unpaired) electrons. The highest BCUT2D eigenvalue weighted by molar-refractivity contribution is 5.94. The fraction of sp³-hybridized carbons (Fsp3) is 0.500. The van der Waals surface area contributed by atoms with Gasteiger partial charge in [-0.15, -0.1) is 0 Å². The quantitative estimate of drug-likeness (QED) is 0.694. The van der Waals surface area contributed by atoms with Crippen LogP contribution in [0.15, 0.2) is 6.07 Å². The molecule has 0 aliphatic carbocycles. The molecule has 0 saturated carbocycles. The van der Waals surface area contributed by atoms with Gasteiger partial charge in [0.1, 0.15) is 11.4 Å². The summed E-state index contributed by atoms with van der Waals surface area (Å²) < 4.78 is 37.4. The van der Waals surface area contributed by atoms with Crippen molar-refractivity contribution in [3.8, 4) is 0 Å². The molecule has 0 unspecified atom stereocenters. The Bertz CT molecular complexity index is 354. The number of rotatable bonds is 2. The number of ketones is 1. The van der Waals surface area contributed by atoms with Crippen molar-refractivity contribution < 1.29 is 18.0 Å². The number of carbonyl (C=O) groups excluding carboxylic acids is 1. The van der Waals surface area contributed by atoms with Crippen molar-refractivity contribution in [1.29, 1.82) is 0 Å². The molecule has 0 N–H and O–H groups in total. The Kier molecular flexibility index (Phi) is 2.64. The molecule has 0 bridgehead atoms. The fourth-order valence-corrected chi connectivity index (χ4v) is 1.05. The van der Waals surface area contributed by atoms with Crippen molar-refractivity contribution in [2.45, 2.75) is 19.5 Å². The van der Waals surface area contributed by atoms with Crippen molar-refractivity contribution in [2.75, 3.05) is 0 Å². The van der Waals surface area contributed by atoms with Gasteiger partial charge in [0.2, 0.25) is 0 Å². The standard InChI is InChI=1S/C8H9F3N2O/c1-3-6(14)5-4-7(8(9,10)11)13(2)12-5/h4H,3H2,1-2H3. The first kappa shape index (κ1) is 10.7. The molecule has 1 heterocycles. The first-order chi connectivity index (χ1) is 6.36. The number of alkyl halides is 3. The lowest BCUT2D eigenvalue weighted by Crippen LogP contribution is -2.11. The van der Waals surface area contributed by atoms with Crippen molar-refractivity contribution in [3.05, 3.63) is 17.5 Å². The van der Waals surface area contributed by atoms with Crippen LogP contribution in [0.25, 0.3) is 0 Å². The zero-order valence-electron chi connectivity index (χ0n) is 7.72. The molecule has 0 amide bonds. The second kappa shape index (κ2) is 3.43. The average molecular weight is 206 g/mol. The zero-order valence-corrected chi connectivity index (χ0v) is 7.72. The van der Waals surface area contributed by atoms with Gasteiger partial charge in [0.25, 0.3) is 0 Å². The molecule has 0 aliphatic heterocycles. The molecule has 0 atom stereocenters. The number of aromatic nitrogens is 2. The van der Waals surface area contributed by atoms with E-state index in [4.69, 9.17) is 0 Å². The Hall–Kier alpha value is -1.33. The third kappa shape index (κ3) is 1.94. The molecule has 0 saturated heterocycles. The summed E-state index contributed by atoms with van der Waals surface area (Å²) in [5.74, 6) is -0.393. The topological polar surface area (TPSA) is 34.9 Å². The normalized spacial score (nSPS) is 11.8. The molecule has 3 nitrogen and oxygen atoms in total. The van der Waals surface area contributed by atoms with Gasteiger partial charge < -0.3 is 0 Å². The van der Waals surface area contributed by atoms with Gasteiger partial charge in [-0.2, -0.15) is 18.3 Å². The Labute approximate surface area is 78.5 Å². The van der Waals surface area contributed by atoms with E-state index in [0.717, 1.165) is 13.1 Å². The molecule has 6 heteroatoms. The predicted molar refractivity (Wildman–Crippen MR) is 42.8 cm³/mol. The fourth-order valence-electron chi connectivity index (χ4n) is 1.05. The molecule has 0 aromatic carbocycles. The van der Waals surface area contributed by atoms with Crippen LogP contribution < -0.4 is 0 Å². The lowest BCUT2D eigenvalue weighted by atomic mass is 10.2. The van der Waals surface area contributed by atoms with Crippen molar-refractivity contribution in [1.82, 2.24) is 9.78 Å². The van der Waals surface area contributed by atoms with Crippen molar-refractivity contribution >= 4 is 5.78 Å². The van der Waals surface area contributed by atoms with Gasteiger partial charge in [-0.25, -0.2) is 0 Å². The third-order valence-corrected chi connectivity index (χ3v) is 1.78. The first-order valence-electron chi connectivity index (χ1n) is 4.00. The van der Waals surface area contributed by atoms with E-state index in [-0.39, 0.29) is 12.1 Å². The molecular formula is C8H9F3N2O.